The molecule has 1 aliphatic heterocycles. The topological polar surface area (TPSA) is 80.0 Å². The van der Waals surface area contributed by atoms with Gasteiger partial charge in [0.1, 0.15) is 23.5 Å². The Bertz CT molecular complexity index is 641. The number of thioether (sulfide) groups is 1. The third-order valence-electron chi connectivity index (χ3n) is 4.10. The average Bonchev–Trinajstić information content (AvgIpc) is 2.52. The Hall–Kier alpha value is -1.80. The number of nitrogens with one attached hydrogen (secondary N) is 1. The fourth-order valence-electron chi connectivity index (χ4n) is 2.51. The van der Waals surface area contributed by atoms with Crippen LogP contribution in [0.25, 0.3) is 0 Å². The van der Waals surface area contributed by atoms with Gasteiger partial charge in [0.25, 0.3) is 5.91 Å². The van der Waals surface area contributed by atoms with Crippen LogP contribution in [0.3, 0.4) is 0 Å². The lowest BCUT2D eigenvalue weighted by molar-refractivity contribution is -0.124. The van der Waals surface area contributed by atoms with Crippen LogP contribution in [0.5, 0.6) is 0 Å². The molecule has 1 heterocycles. The van der Waals surface area contributed by atoms with Gasteiger partial charge in [-0.25, -0.2) is 4.39 Å². The number of halogens is 1. The first kappa shape index (κ1) is 20.5. The van der Waals surface area contributed by atoms with Crippen molar-refractivity contribution >= 4 is 23.4 Å². The molecular formula is C18H27FN4O2S. The number of amides is 1. The van der Waals surface area contributed by atoms with Gasteiger partial charge in [-0.1, -0.05) is 6.08 Å². The van der Waals surface area contributed by atoms with E-state index in [-0.39, 0.29) is 35.7 Å². The first-order valence-corrected chi connectivity index (χ1v) is 9.76. The minimum absolute atomic E-state index is 0.0526. The Kier molecular flexibility index (Phi) is 7.28. The van der Waals surface area contributed by atoms with Gasteiger partial charge < -0.3 is 20.7 Å². The Balaban J connectivity index is 1.97. The minimum Gasteiger partial charge on any atom is -0.384 e. The van der Waals surface area contributed by atoms with E-state index in [1.54, 1.807) is 24.9 Å². The van der Waals surface area contributed by atoms with E-state index in [2.05, 4.69) is 10.3 Å². The van der Waals surface area contributed by atoms with Crippen molar-refractivity contribution in [1.29, 1.82) is 0 Å². The summed E-state index contributed by atoms with van der Waals surface area (Å²) in [6, 6.07) is -0.0332. The van der Waals surface area contributed by atoms with E-state index in [1.165, 1.54) is 18.4 Å². The SMILES string of the molecule is C/C(=N\C=C(\N)NC1C=CC(F)=CC1OC(C)C)C(=O)N(C)C1CSC1. The standard InChI is InChI=1S/C18H27FN4O2S/c1-11(2)25-16-7-13(19)5-6-15(16)22-17(20)8-21-12(3)18(24)23(4)14-9-26-10-14/h5-8,11,14-16,22H,9-10,20H2,1-4H3/b17-8-,21-12+. The quantitative estimate of drug-likeness (QED) is 0.658. The van der Waals surface area contributed by atoms with E-state index in [0.29, 0.717) is 5.71 Å². The second-order valence-electron chi connectivity index (χ2n) is 6.64. The van der Waals surface area contributed by atoms with E-state index in [0.717, 1.165) is 11.5 Å². The highest BCUT2D eigenvalue weighted by molar-refractivity contribution is 8.00. The van der Waals surface area contributed by atoms with Crippen LogP contribution in [0.4, 0.5) is 4.39 Å². The zero-order valence-corrected chi connectivity index (χ0v) is 16.4. The number of rotatable bonds is 7. The van der Waals surface area contributed by atoms with Crippen molar-refractivity contribution in [3.05, 3.63) is 36.1 Å². The van der Waals surface area contributed by atoms with Gasteiger partial charge in [-0.2, -0.15) is 11.8 Å². The molecule has 1 saturated heterocycles. The van der Waals surface area contributed by atoms with Crippen molar-refractivity contribution in [2.75, 3.05) is 18.6 Å². The maximum Gasteiger partial charge on any atom is 0.267 e. The van der Waals surface area contributed by atoms with Crippen LogP contribution in [0.1, 0.15) is 20.8 Å². The van der Waals surface area contributed by atoms with Gasteiger partial charge in [-0.05, 0) is 32.9 Å². The lowest BCUT2D eigenvalue weighted by Crippen LogP contribution is -2.47. The van der Waals surface area contributed by atoms with Gasteiger partial charge in [-0.3, -0.25) is 9.79 Å². The molecule has 1 aliphatic carbocycles. The summed E-state index contributed by atoms with van der Waals surface area (Å²) in [5.74, 6) is 1.76. The number of allylic oxidation sites excluding steroid dienone is 2. The molecule has 0 spiro atoms. The maximum absolute atomic E-state index is 13.5. The number of hydrogen-bond donors (Lipinski definition) is 2. The van der Waals surface area contributed by atoms with Gasteiger partial charge in [0.05, 0.1) is 18.3 Å². The Labute approximate surface area is 158 Å². The summed E-state index contributed by atoms with van der Waals surface area (Å²) in [5, 5.41) is 3.04. The molecule has 144 valence electrons. The lowest BCUT2D eigenvalue weighted by atomic mass is 10.0. The maximum atomic E-state index is 13.5. The van der Waals surface area contributed by atoms with Gasteiger partial charge in [0.2, 0.25) is 0 Å². The largest absolute Gasteiger partial charge is 0.384 e. The first-order chi connectivity index (χ1) is 12.3. The highest BCUT2D eigenvalue weighted by Crippen LogP contribution is 2.22. The Morgan fingerprint density at radius 2 is 2.23 bits per heavy atom. The fraction of sp³-hybridized carbons (Fsp3) is 0.556. The zero-order valence-electron chi connectivity index (χ0n) is 15.6. The monoisotopic (exact) mass is 382 g/mol. The number of nitrogens with zero attached hydrogens (tertiary/aromatic N) is 2. The fourth-order valence-corrected chi connectivity index (χ4v) is 3.40. The van der Waals surface area contributed by atoms with Gasteiger partial charge in [0, 0.05) is 24.6 Å². The molecule has 2 unspecified atom stereocenters. The average molecular weight is 383 g/mol. The van der Waals surface area contributed by atoms with E-state index in [1.807, 2.05) is 25.6 Å². The second-order valence-corrected chi connectivity index (χ2v) is 7.71. The summed E-state index contributed by atoms with van der Waals surface area (Å²) < 4.78 is 19.2. The molecule has 0 aromatic carbocycles. The molecule has 0 aromatic heterocycles. The molecule has 1 amide bonds. The van der Waals surface area contributed by atoms with Crippen molar-refractivity contribution in [3.8, 4) is 0 Å². The first-order valence-electron chi connectivity index (χ1n) is 8.60. The number of carbonyl (C=O) groups is 1. The summed E-state index contributed by atoms with van der Waals surface area (Å²) in [5.41, 5.74) is 6.33. The Morgan fingerprint density at radius 3 is 2.81 bits per heavy atom. The molecule has 2 rings (SSSR count). The third kappa shape index (κ3) is 5.60. The number of hydrogen-bond acceptors (Lipinski definition) is 6. The highest BCUT2D eigenvalue weighted by atomic mass is 32.2. The number of carbonyl (C=O) groups excluding carboxylic acids is 1. The number of nitrogens with two attached hydrogens (primary N) is 1. The van der Waals surface area contributed by atoms with Crippen LogP contribution in [-0.2, 0) is 9.53 Å². The van der Waals surface area contributed by atoms with Crippen LogP contribution in [0, 0.1) is 0 Å². The molecule has 8 heteroatoms. The molecule has 6 nitrogen and oxygen atoms in total. The molecule has 2 atom stereocenters. The molecular weight excluding hydrogens is 355 g/mol. The van der Waals surface area contributed by atoms with Crippen LogP contribution in [0.15, 0.2) is 41.1 Å². The highest BCUT2D eigenvalue weighted by Gasteiger charge is 2.27. The van der Waals surface area contributed by atoms with Crippen molar-refractivity contribution in [2.24, 2.45) is 10.7 Å². The van der Waals surface area contributed by atoms with E-state index in [4.69, 9.17) is 10.5 Å². The summed E-state index contributed by atoms with van der Waals surface area (Å²) in [6.45, 7) is 5.44. The van der Waals surface area contributed by atoms with Crippen LogP contribution in [-0.4, -0.2) is 59.4 Å². The van der Waals surface area contributed by atoms with Crippen molar-refractivity contribution in [2.45, 2.75) is 45.1 Å². The summed E-state index contributed by atoms with van der Waals surface area (Å²) in [6.07, 6.45) is 5.32. The number of aliphatic imine (C=N–C) groups is 1. The molecule has 1 fully saturated rings. The number of ether oxygens (including phenoxy) is 1. The Morgan fingerprint density at radius 1 is 1.54 bits per heavy atom. The predicted molar refractivity (Wildman–Crippen MR) is 105 cm³/mol. The van der Waals surface area contributed by atoms with Gasteiger partial charge in [-0.15, -0.1) is 0 Å². The van der Waals surface area contributed by atoms with Crippen molar-refractivity contribution in [3.63, 3.8) is 0 Å². The summed E-state index contributed by atoms with van der Waals surface area (Å²) in [7, 11) is 1.79. The van der Waals surface area contributed by atoms with E-state index < -0.39 is 6.10 Å². The van der Waals surface area contributed by atoms with Gasteiger partial charge >= 0.3 is 0 Å². The smallest absolute Gasteiger partial charge is 0.267 e. The second kappa shape index (κ2) is 9.23. The van der Waals surface area contributed by atoms with Crippen molar-refractivity contribution in [1.82, 2.24) is 10.2 Å². The van der Waals surface area contributed by atoms with Crippen LogP contribution in [0.2, 0.25) is 0 Å². The molecule has 2 aliphatic rings. The zero-order chi connectivity index (χ0) is 19.3. The molecule has 26 heavy (non-hydrogen) atoms. The van der Waals surface area contributed by atoms with Crippen molar-refractivity contribution < 1.29 is 13.9 Å². The minimum atomic E-state index is -0.471. The predicted octanol–water partition coefficient (Wildman–Crippen LogP) is 1.95. The van der Waals surface area contributed by atoms with Crippen LogP contribution >= 0.6 is 11.8 Å². The molecule has 0 saturated carbocycles. The molecule has 3 N–H and O–H groups in total. The van der Waals surface area contributed by atoms with Crippen LogP contribution < -0.4 is 11.1 Å². The molecule has 0 bridgehead atoms. The van der Waals surface area contributed by atoms with Gasteiger partial charge in [0.15, 0.2) is 0 Å². The van der Waals surface area contributed by atoms with E-state index >= 15 is 0 Å². The summed E-state index contributed by atoms with van der Waals surface area (Å²) in [4.78, 5) is 18.2. The normalized spacial score (nSPS) is 24.3. The third-order valence-corrected chi connectivity index (χ3v) is 5.34. The molecule has 0 aromatic rings. The van der Waals surface area contributed by atoms with E-state index in [9.17, 15) is 9.18 Å². The molecule has 0 radical (unpaired) electrons. The lowest BCUT2D eigenvalue weighted by Gasteiger charge is -2.34. The summed E-state index contributed by atoms with van der Waals surface area (Å²) >= 11 is 1.82.